The van der Waals surface area contributed by atoms with E-state index in [1.54, 1.807) is 25.1 Å². The van der Waals surface area contributed by atoms with Crippen LogP contribution in [0.15, 0.2) is 24.3 Å². The summed E-state index contributed by atoms with van der Waals surface area (Å²) in [7, 11) is 1.44. The molecule has 0 unspecified atom stereocenters. The summed E-state index contributed by atoms with van der Waals surface area (Å²) in [6, 6.07) is 6.29. The van der Waals surface area contributed by atoms with Crippen LogP contribution in [0.25, 0.3) is 0 Å². The second-order valence-electron chi connectivity index (χ2n) is 2.98. The summed E-state index contributed by atoms with van der Waals surface area (Å²) in [6.07, 6.45) is 0.327. The molecule has 0 saturated heterocycles. The standard InChI is InChI=1S/C7H7FO.C5H11NO2.2C2H6/c1-9-7-5-3-2-4-6(7)8;1-2-8-5(7)3-4-6;2*1-2/h2-5H,1H3;2-4,6H2,1H3;2*1-2H3. The summed E-state index contributed by atoms with van der Waals surface area (Å²) in [5.41, 5.74) is 5.06. The molecular weight excluding hydrogens is 273 g/mol. The summed E-state index contributed by atoms with van der Waals surface area (Å²) >= 11 is 0. The predicted octanol–water partition coefficient (Wildman–Crippen LogP) is 3.79. The third-order valence-electron chi connectivity index (χ3n) is 1.71. The number of hydrogen-bond donors (Lipinski definition) is 1. The van der Waals surface area contributed by atoms with Gasteiger partial charge in [-0.15, -0.1) is 0 Å². The Morgan fingerprint density at radius 3 is 2.05 bits per heavy atom. The first-order valence-corrected chi connectivity index (χ1v) is 7.29. The highest BCUT2D eigenvalue weighted by Gasteiger charge is 1.96. The van der Waals surface area contributed by atoms with Crippen LogP contribution in [0, 0.1) is 5.82 Å². The fourth-order valence-electron chi connectivity index (χ4n) is 0.961. The third kappa shape index (κ3) is 16.3. The molecule has 0 aromatic heterocycles. The predicted molar refractivity (Wildman–Crippen MR) is 86.0 cm³/mol. The zero-order chi connectivity index (χ0) is 17.1. The molecule has 0 spiro atoms. The average molecular weight is 303 g/mol. The Bertz CT molecular complexity index is 325. The maximum atomic E-state index is 12.5. The number of rotatable bonds is 4. The normalized spacial score (nSPS) is 7.81. The molecule has 0 saturated carbocycles. The number of esters is 1. The molecule has 124 valence electrons. The molecule has 0 aliphatic carbocycles. The molecule has 0 fully saturated rings. The first-order valence-electron chi connectivity index (χ1n) is 7.29. The van der Waals surface area contributed by atoms with Gasteiger partial charge in [0.15, 0.2) is 11.6 Å². The lowest BCUT2D eigenvalue weighted by Gasteiger charge is -1.97. The van der Waals surface area contributed by atoms with Gasteiger partial charge >= 0.3 is 5.97 Å². The summed E-state index contributed by atoms with van der Waals surface area (Å²) in [5.74, 6) is -0.243. The van der Waals surface area contributed by atoms with Gasteiger partial charge in [0.2, 0.25) is 0 Å². The fraction of sp³-hybridized carbons (Fsp3) is 0.562. The third-order valence-corrected chi connectivity index (χ3v) is 1.71. The molecule has 0 atom stereocenters. The first-order chi connectivity index (χ1) is 10.2. The van der Waals surface area contributed by atoms with Gasteiger partial charge in [-0.3, -0.25) is 4.79 Å². The summed E-state index contributed by atoms with van der Waals surface area (Å²) in [4.78, 5) is 10.3. The minimum Gasteiger partial charge on any atom is -0.494 e. The van der Waals surface area contributed by atoms with Crippen LogP contribution >= 0.6 is 0 Å². The lowest BCUT2D eigenvalue weighted by molar-refractivity contribution is -0.142. The van der Waals surface area contributed by atoms with Crippen LogP contribution in [0.1, 0.15) is 41.0 Å². The number of para-hydroxylation sites is 1. The largest absolute Gasteiger partial charge is 0.494 e. The molecule has 1 aromatic rings. The van der Waals surface area contributed by atoms with Crippen molar-refractivity contribution in [2.75, 3.05) is 20.3 Å². The van der Waals surface area contributed by atoms with Crippen molar-refractivity contribution in [3.05, 3.63) is 30.1 Å². The number of hydrogen-bond acceptors (Lipinski definition) is 4. The van der Waals surface area contributed by atoms with E-state index >= 15 is 0 Å². The van der Waals surface area contributed by atoms with Crippen LogP contribution in [0.4, 0.5) is 4.39 Å². The van der Waals surface area contributed by atoms with Gasteiger partial charge in [0.1, 0.15) is 0 Å². The number of benzene rings is 1. The van der Waals surface area contributed by atoms with Gasteiger partial charge in [0, 0.05) is 6.54 Å². The molecule has 5 heteroatoms. The molecule has 0 radical (unpaired) electrons. The summed E-state index contributed by atoms with van der Waals surface area (Å²) in [6.45, 7) is 10.6. The smallest absolute Gasteiger partial charge is 0.307 e. The fourth-order valence-corrected chi connectivity index (χ4v) is 0.961. The van der Waals surface area contributed by atoms with Gasteiger partial charge in [-0.25, -0.2) is 4.39 Å². The van der Waals surface area contributed by atoms with Crippen LogP contribution in [0.5, 0.6) is 5.75 Å². The van der Waals surface area contributed by atoms with Crippen molar-refractivity contribution in [1.82, 2.24) is 0 Å². The Morgan fingerprint density at radius 1 is 1.19 bits per heavy atom. The number of methoxy groups -OCH3 is 1. The van der Waals surface area contributed by atoms with E-state index in [1.807, 2.05) is 27.7 Å². The molecule has 0 bridgehead atoms. The monoisotopic (exact) mass is 303 g/mol. The molecule has 1 aromatic carbocycles. The van der Waals surface area contributed by atoms with Crippen molar-refractivity contribution in [1.29, 1.82) is 0 Å². The number of nitrogens with two attached hydrogens (primary N) is 1. The van der Waals surface area contributed by atoms with Crippen LogP contribution < -0.4 is 10.5 Å². The molecular formula is C16H30FNO3. The van der Waals surface area contributed by atoms with Gasteiger partial charge in [-0.2, -0.15) is 0 Å². The Hall–Kier alpha value is -1.62. The Labute approximate surface area is 128 Å². The Morgan fingerprint density at radius 2 is 1.71 bits per heavy atom. The van der Waals surface area contributed by atoms with Crippen LogP contribution in [-0.4, -0.2) is 26.2 Å². The van der Waals surface area contributed by atoms with Gasteiger partial charge in [-0.1, -0.05) is 39.8 Å². The van der Waals surface area contributed by atoms with Gasteiger partial charge in [0.25, 0.3) is 0 Å². The number of carbonyl (C=O) groups is 1. The molecule has 1 rings (SSSR count). The van der Waals surface area contributed by atoms with Crippen molar-refractivity contribution in [3.8, 4) is 5.75 Å². The minimum atomic E-state index is -0.319. The van der Waals surface area contributed by atoms with Crippen molar-refractivity contribution in [2.45, 2.75) is 41.0 Å². The van der Waals surface area contributed by atoms with Crippen molar-refractivity contribution < 1.29 is 18.7 Å². The lowest BCUT2D eigenvalue weighted by Crippen LogP contribution is -2.10. The lowest BCUT2D eigenvalue weighted by atomic mass is 10.3. The van der Waals surface area contributed by atoms with E-state index in [-0.39, 0.29) is 17.5 Å². The second-order valence-corrected chi connectivity index (χ2v) is 2.98. The van der Waals surface area contributed by atoms with E-state index < -0.39 is 0 Å². The van der Waals surface area contributed by atoms with Crippen molar-refractivity contribution in [2.24, 2.45) is 5.73 Å². The maximum Gasteiger partial charge on any atom is 0.307 e. The van der Waals surface area contributed by atoms with E-state index in [0.29, 0.717) is 19.6 Å². The Balaban J connectivity index is -0.000000251. The maximum absolute atomic E-state index is 12.5. The van der Waals surface area contributed by atoms with Gasteiger partial charge < -0.3 is 15.2 Å². The van der Waals surface area contributed by atoms with Crippen molar-refractivity contribution >= 4 is 5.97 Å². The number of carbonyl (C=O) groups excluding carboxylic acids is 1. The molecule has 21 heavy (non-hydrogen) atoms. The SMILES string of the molecule is CC.CC.CCOC(=O)CCN.COc1ccccc1F. The molecule has 2 N–H and O–H groups in total. The molecule has 0 amide bonds. The second kappa shape index (κ2) is 20.7. The van der Waals surface area contributed by atoms with Gasteiger partial charge in [-0.05, 0) is 19.1 Å². The quantitative estimate of drug-likeness (QED) is 0.860. The molecule has 0 aliphatic rings. The summed E-state index contributed by atoms with van der Waals surface area (Å²) < 4.78 is 21.7. The highest BCUT2D eigenvalue weighted by Crippen LogP contribution is 2.13. The minimum absolute atomic E-state index is 0.213. The van der Waals surface area contributed by atoms with E-state index in [2.05, 4.69) is 9.47 Å². The summed E-state index contributed by atoms with van der Waals surface area (Å²) in [5, 5.41) is 0. The zero-order valence-electron chi connectivity index (χ0n) is 14.1. The highest BCUT2D eigenvalue weighted by atomic mass is 19.1. The molecule has 0 heterocycles. The molecule has 4 nitrogen and oxygen atoms in total. The highest BCUT2D eigenvalue weighted by molar-refractivity contribution is 5.69. The van der Waals surface area contributed by atoms with Crippen molar-refractivity contribution in [3.63, 3.8) is 0 Å². The van der Waals surface area contributed by atoms with Crippen LogP contribution in [0.2, 0.25) is 0 Å². The van der Waals surface area contributed by atoms with E-state index in [4.69, 9.17) is 5.73 Å². The van der Waals surface area contributed by atoms with E-state index in [1.165, 1.54) is 13.2 Å². The zero-order valence-corrected chi connectivity index (χ0v) is 14.1. The Kier molecular flexibility index (Phi) is 24.0. The van der Waals surface area contributed by atoms with E-state index in [0.717, 1.165) is 0 Å². The van der Waals surface area contributed by atoms with Crippen LogP contribution in [-0.2, 0) is 9.53 Å². The number of ether oxygens (including phenoxy) is 2. The first kappa shape index (κ1) is 24.4. The van der Waals surface area contributed by atoms with Gasteiger partial charge in [0.05, 0.1) is 20.1 Å². The van der Waals surface area contributed by atoms with E-state index in [9.17, 15) is 9.18 Å². The van der Waals surface area contributed by atoms with Crippen LogP contribution in [0.3, 0.4) is 0 Å². The number of halogens is 1. The average Bonchev–Trinajstić information content (AvgIpc) is 2.53. The molecule has 0 aliphatic heterocycles. The topological polar surface area (TPSA) is 61.5 Å².